The Morgan fingerprint density at radius 1 is 1.25 bits per heavy atom. The largest absolute Gasteiger partial charge is 0.466 e. The van der Waals surface area contributed by atoms with Gasteiger partial charge in [-0.1, -0.05) is 0 Å². The first kappa shape index (κ1) is 18.2. The summed E-state index contributed by atoms with van der Waals surface area (Å²) in [6.07, 6.45) is 2.75. The molecular weight excluding hydrogens is 320 g/mol. The third-order valence-electron chi connectivity index (χ3n) is 3.92. The molecule has 1 aromatic rings. The molecule has 24 heavy (non-hydrogen) atoms. The number of hydrogen-bond acceptors (Lipinski definition) is 4. The van der Waals surface area contributed by atoms with Crippen molar-refractivity contribution in [1.29, 1.82) is 0 Å². The van der Waals surface area contributed by atoms with Gasteiger partial charge in [-0.25, -0.2) is 0 Å². The van der Waals surface area contributed by atoms with E-state index in [4.69, 9.17) is 4.74 Å². The second-order valence-electron chi connectivity index (χ2n) is 5.56. The number of carbonyl (C=O) groups excluding carboxylic acids is 2. The van der Waals surface area contributed by atoms with Crippen LogP contribution in [0.3, 0.4) is 0 Å². The lowest BCUT2D eigenvalue weighted by atomic mass is 9.98. The number of amides is 1. The molecular formula is C17H21F2NO4. The van der Waals surface area contributed by atoms with E-state index in [1.54, 1.807) is 11.8 Å². The van der Waals surface area contributed by atoms with Crippen molar-refractivity contribution in [2.45, 2.75) is 45.3 Å². The first-order valence-electron chi connectivity index (χ1n) is 8.02. The topological polar surface area (TPSA) is 55.8 Å². The van der Waals surface area contributed by atoms with Crippen LogP contribution in [0.4, 0.5) is 8.78 Å². The van der Waals surface area contributed by atoms with Crippen LogP contribution in [0, 0.1) is 0 Å². The molecule has 0 spiro atoms. The summed E-state index contributed by atoms with van der Waals surface area (Å²) in [6, 6.07) is 5.39. The molecule has 1 aliphatic heterocycles. The number of esters is 1. The summed E-state index contributed by atoms with van der Waals surface area (Å²) in [6.45, 7) is -0.281. The molecule has 1 heterocycles. The van der Waals surface area contributed by atoms with Gasteiger partial charge in [-0.05, 0) is 50.5 Å². The van der Waals surface area contributed by atoms with Crippen LogP contribution in [-0.4, -0.2) is 42.6 Å². The molecule has 1 saturated heterocycles. The standard InChI is InChI=1S/C17H21F2NO4/c1-2-23-15(21)11-13-5-3-4-10-20(13)16(22)12-6-8-14(9-7-12)24-17(18)19/h6-9,13,17H,2-5,10-11H2,1H3/t13-/m0/s1. The second kappa shape index (κ2) is 8.61. The van der Waals surface area contributed by atoms with E-state index in [0.29, 0.717) is 18.7 Å². The number of likely N-dealkylation sites (tertiary alicyclic amines) is 1. The van der Waals surface area contributed by atoms with E-state index in [-0.39, 0.29) is 30.1 Å². The van der Waals surface area contributed by atoms with Gasteiger partial charge in [0.15, 0.2) is 0 Å². The van der Waals surface area contributed by atoms with Gasteiger partial charge in [0, 0.05) is 18.2 Å². The highest BCUT2D eigenvalue weighted by Crippen LogP contribution is 2.23. The maximum Gasteiger partial charge on any atom is 0.387 e. The summed E-state index contributed by atoms with van der Waals surface area (Å²) in [7, 11) is 0. The summed E-state index contributed by atoms with van der Waals surface area (Å²) in [4.78, 5) is 26.1. The van der Waals surface area contributed by atoms with Gasteiger partial charge in [-0.15, -0.1) is 0 Å². The molecule has 2 rings (SSSR count). The summed E-state index contributed by atoms with van der Waals surface area (Å²) in [5, 5.41) is 0. The molecule has 0 aliphatic carbocycles. The number of rotatable bonds is 6. The van der Waals surface area contributed by atoms with Crippen molar-refractivity contribution in [3.05, 3.63) is 29.8 Å². The lowest BCUT2D eigenvalue weighted by Gasteiger charge is -2.35. The number of hydrogen-bond donors (Lipinski definition) is 0. The van der Waals surface area contributed by atoms with E-state index in [9.17, 15) is 18.4 Å². The zero-order chi connectivity index (χ0) is 17.5. The maximum atomic E-state index is 12.7. The molecule has 0 unspecified atom stereocenters. The van der Waals surface area contributed by atoms with Crippen molar-refractivity contribution in [2.24, 2.45) is 0 Å². The predicted octanol–water partition coefficient (Wildman–Crippen LogP) is 3.24. The van der Waals surface area contributed by atoms with Gasteiger partial charge < -0.3 is 14.4 Å². The molecule has 1 aliphatic rings. The molecule has 7 heteroatoms. The number of carbonyl (C=O) groups is 2. The molecule has 1 atom stereocenters. The number of alkyl halides is 2. The molecule has 0 bridgehead atoms. The lowest BCUT2D eigenvalue weighted by molar-refractivity contribution is -0.144. The van der Waals surface area contributed by atoms with Crippen molar-refractivity contribution < 1.29 is 27.8 Å². The minimum atomic E-state index is -2.90. The van der Waals surface area contributed by atoms with Crippen LogP contribution in [-0.2, 0) is 9.53 Å². The monoisotopic (exact) mass is 341 g/mol. The van der Waals surface area contributed by atoms with Crippen LogP contribution in [0.1, 0.15) is 43.0 Å². The van der Waals surface area contributed by atoms with Crippen molar-refractivity contribution in [2.75, 3.05) is 13.2 Å². The summed E-state index contributed by atoms with van der Waals surface area (Å²) >= 11 is 0. The van der Waals surface area contributed by atoms with E-state index < -0.39 is 6.61 Å². The Hall–Kier alpha value is -2.18. The number of piperidine rings is 1. The Balaban J connectivity index is 2.06. The van der Waals surface area contributed by atoms with Gasteiger partial charge in [0.25, 0.3) is 5.91 Å². The second-order valence-corrected chi connectivity index (χ2v) is 5.56. The molecule has 132 valence electrons. The average molecular weight is 341 g/mol. The highest BCUT2D eigenvalue weighted by Gasteiger charge is 2.29. The molecule has 0 aromatic heterocycles. The summed E-state index contributed by atoms with van der Waals surface area (Å²) in [5.41, 5.74) is 0.382. The normalized spacial score (nSPS) is 17.7. The van der Waals surface area contributed by atoms with Crippen LogP contribution in [0.25, 0.3) is 0 Å². The summed E-state index contributed by atoms with van der Waals surface area (Å²) < 4.78 is 33.6. The van der Waals surface area contributed by atoms with Crippen LogP contribution >= 0.6 is 0 Å². The van der Waals surface area contributed by atoms with Crippen molar-refractivity contribution in [3.8, 4) is 5.75 Å². The van der Waals surface area contributed by atoms with Gasteiger partial charge in [0.2, 0.25) is 0 Å². The number of benzene rings is 1. The smallest absolute Gasteiger partial charge is 0.387 e. The molecule has 0 N–H and O–H groups in total. The number of ether oxygens (including phenoxy) is 2. The summed E-state index contributed by atoms with van der Waals surface area (Å²) in [5.74, 6) is -0.529. The SMILES string of the molecule is CCOC(=O)C[C@@H]1CCCCN1C(=O)c1ccc(OC(F)F)cc1. The zero-order valence-corrected chi connectivity index (χ0v) is 13.5. The molecule has 0 radical (unpaired) electrons. The molecule has 1 amide bonds. The Kier molecular flexibility index (Phi) is 6.52. The van der Waals surface area contributed by atoms with Gasteiger partial charge >= 0.3 is 12.6 Å². The first-order chi connectivity index (χ1) is 11.5. The minimum Gasteiger partial charge on any atom is -0.466 e. The van der Waals surface area contributed by atoms with Gasteiger partial charge in [0.05, 0.1) is 13.0 Å². The van der Waals surface area contributed by atoms with E-state index in [2.05, 4.69) is 4.74 Å². The molecule has 5 nitrogen and oxygen atoms in total. The fourth-order valence-corrected chi connectivity index (χ4v) is 2.84. The van der Waals surface area contributed by atoms with E-state index in [0.717, 1.165) is 19.3 Å². The van der Waals surface area contributed by atoms with E-state index in [1.165, 1.54) is 24.3 Å². The molecule has 1 fully saturated rings. The van der Waals surface area contributed by atoms with E-state index in [1.807, 2.05) is 0 Å². The maximum absolute atomic E-state index is 12.7. The first-order valence-corrected chi connectivity index (χ1v) is 8.02. The van der Waals surface area contributed by atoms with Crippen LogP contribution in [0.2, 0.25) is 0 Å². The Bertz CT molecular complexity index is 562. The fraction of sp³-hybridized carbons (Fsp3) is 0.529. The molecule has 0 saturated carbocycles. The fourth-order valence-electron chi connectivity index (χ4n) is 2.84. The lowest BCUT2D eigenvalue weighted by Crippen LogP contribution is -2.44. The van der Waals surface area contributed by atoms with Crippen molar-refractivity contribution in [3.63, 3.8) is 0 Å². The minimum absolute atomic E-state index is 0.00303. The van der Waals surface area contributed by atoms with Gasteiger partial charge in [0.1, 0.15) is 5.75 Å². The van der Waals surface area contributed by atoms with Crippen molar-refractivity contribution in [1.82, 2.24) is 4.90 Å². The highest BCUT2D eigenvalue weighted by atomic mass is 19.3. The van der Waals surface area contributed by atoms with Gasteiger partial charge in [-0.3, -0.25) is 9.59 Å². The Labute approximate surface area is 139 Å². The average Bonchev–Trinajstić information content (AvgIpc) is 2.55. The Morgan fingerprint density at radius 2 is 1.96 bits per heavy atom. The zero-order valence-electron chi connectivity index (χ0n) is 13.5. The predicted molar refractivity (Wildman–Crippen MR) is 83.0 cm³/mol. The molecule has 1 aromatic carbocycles. The van der Waals surface area contributed by atoms with Crippen LogP contribution in [0.5, 0.6) is 5.75 Å². The third-order valence-corrected chi connectivity index (χ3v) is 3.92. The number of halogens is 2. The quantitative estimate of drug-likeness (QED) is 0.746. The highest BCUT2D eigenvalue weighted by molar-refractivity contribution is 5.94. The third kappa shape index (κ3) is 4.91. The van der Waals surface area contributed by atoms with E-state index >= 15 is 0 Å². The van der Waals surface area contributed by atoms with Crippen LogP contribution < -0.4 is 4.74 Å². The van der Waals surface area contributed by atoms with Crippen LogP contribution in [0.15, 0.2) is 24.3 Å². The Morgan fingerprint density at radius 3 is 2.58 bits per heavy atom. The van der Waals surface area contributed by atoms with Gasteiger partial charge in [-0.2, -0.15) is 8.78 Å². The van der Waals surface area contributed by atoms with Crippen molar-refractivity contribution >= 4 is 11.9 Å². The number of nitrogens with zero attached hydrogens (tertiary/aromatic N) is 1.